The van der Waals surface area contributed by atoms with Crippen LogP contribution in [0, 0.1) is 12.0 Å². The average molecular weight is 175 g/mol. The van der Waals surface area contributed by atoms with Crippen molar-refractivity contribution < 1.29 is 0 Å². The third-order valence-electron chi connectivity index (χ3n) is 2.46. The van der Waals surface area contributed by atoms with Gasteiger partial charge in [0.1, 0.15) is 0 Å². The Morgan fingerprint density at radius 2 is 2.15 bits per heavy atom. The minimum absolute atomic E-state index is 0.860. The lowest BCUT2D eigenvalue weighted by atomic mass is 9.97. The van der Waals surface area contributed by atoms with Gasteiger partial charge in [-0.3, -0.25) is 0 Å². The molecule has 0 amide bonds. The van der Waals surface area contributed by atoms with Crippen molar-refractivity contribution in [1.29, 1.82) is 0 Å². The van der Waals surface area contributed by atoms with Crippen LogP contribution in [0.5, 0.6) is 0 Å². The summed E-state index contributed by atoms with van der Waals surface area (Å²) in [6.45, 7) is 4.59. The molecule has 0 heteroatoms. The van der Waals surface area contributed by atoms with Crippen LogP contribution in [-0.4, -0.2) is 0 Å². The summed E-state index contributed by atoms with van der Waals surface area (Å²) in [6.07, 6.45) is 5.14. The van der Waals surface area contributed by atoms with Crippen LogP contribution in [-0.2, 0) is 6.42 Å². The van der Waals surface area contributed by atoms with Crippen molar-refractivity contribution in [2.24, 2.45) is 5.92 Å². The highest BCUT2D eigenvalue weighted by Gasteiger charge is 2.00. The molecule has 0 nitrogen and oxygen atoms in total. The number of aryl methyl sites for hydroxylation is 1. The standard InChI is InChI=1S/C13H19/c1-3-7-12(2)10-11-13-8-5-4-6-9-13/h4-6,8,12H,3,7,10-11H2,1-2H3. The highest BCUT2D eigenvalue weighted by atomic mass is 14.1. The van der Waals surface area contributed by atoms with Gasteiger partial charge in [0, 0.05) is 0 Å². The van der Waals surface area contributed by atoms with E-state index in [1.165, 1.54) is 31.2 Å². The molecule has 1 aromatic carbocycles. The van der Waals surface area contributed by atoms with Crippen molar-refractivity contribution in [3.63, 3.8) is 0 Å². The van der Waals surface area contributed by atoms with E-state index < -0.39 is 0 Å². The van der Waals surface area contributed by atoms with Gasteiger partial charge in [-0.1, -0.05) is 51.0 Å². The second kappa shape index (κ2) is 5.80. The summed E-state index contributed by atoms with van der Waals surface area (Å²) < 4.78 is 0. The first kappa shape index (κ1) is 10.3. The van der Waals surface area contributed by atoms with Gasteiger partial charge in [-0.25, -0.2) is 0 Å². The molecule has 0 saturated heterocycles. The summed E-state index contributed by atoms with van der Waals surface area (Å²) in [4.78, 5) is 0. The molecule has 0 aromatic heterocycles. The maximum Gasteiger partial charge on any atom is -0.0149 e. The molecule has 0 N–H and O–H groups in total. The number of hydrogen-bond donors (Lipinski definition) is 0. The van der Waals surface area contributed by atoms with Crippen molar-refractivity contribution in [1.82, 2.24) is 0 Å². The Labute approximate surface area is 82.0 Å². The van der Waals surface area contributed by atoms with E-state index in [-0.39, 0.29) is 0 Å². The lowest BCUT2D eigenvalue weighted by molar-refractivity contribution is 0.486. The van der Waals surface area contributed by atoms with Crippen LogP contribution in [0.1, 0.15) is 38.7 Å². The molecule has 0 heterocycles. The monoisotopic (exact) mass is 175 g/mol. The van der Waals surface area contributed by atoms with Gasteiger partial charge >= 0.3 is 0 Å². The number of hydrogen-bond acceptors (Lipinski definition) is 0. The van der Waals surface area contributed by atoms with Gasteiger partial charge < -0.3 is 0 Å². The zero-order valence-electron chi connectivity index (χ0n) is 8.72. The van der Waals surface area contributed by atoms with Crippen LogP contribution < -0.4 is 0 Å². The minimum atomic E-state index is 0.860. The van der Waals surface area contributed by atoms with Gasteiger partial charge in [0.05, 0.1) is 0 Å². The number of benzene rings is 1. The molecule has 1 radical (unpaired) electrons. The zero-order chi connectivity index (χ0) is 9.52. The predicted octanol–water partition coefficient (Wildman–Crippen LogP) is 3.86. The third kappa shape index (κ3) is 4.12. The van der Waals surface area contributed by atoms with E-state index in [0.29, 0.717) is 0 Å². The van der Waals surface area contributed by atoms with Crippen molar-refractivity contribution in [2.75, 3.05) is 0 Å². The van der Waals surface area contributed by atoms with Crippen molar-refractivity contribution in [2.45, 2.75) is 39.5 Å². The first-order chi connectivity index (χ1) is 6.33. The van der Waals surface area contributed by atoms with E-state index in [1.54, 1.807) is 0 Å². The molecule has 0 aliphatic heterocycles. The van der Waals surface area contributed by atoms with Crippen LogP contribution >= 0.6 is 0 Å². The Morgan fingerprint density at radius 1 is 1.31 bits per heavy atom. The summed E-state index contributed by atoms with van der Waals surface area (Å²) in [5.74, 6) is 0.860. The molecule has 0 aliphatic carbocycles. The van der Waals surface area contributed by atoms with Gasteiger partial charge in [-0.05, 0) is 30.4 Å². The molecule has 1 rings (SSSR count). The smallest absolute Gasteiger partial charge is 0.0149 e. The Balaban J connectivity index is 2.27. The van der Waals surface area contributed by atoms with E-state index >= 15 is 0 Å². The molecule has 1 unspecified atom stereocenters. The average Bonchev–Trinajstić information content (AvgIpc) is 2.17. The quantitative estimate of drug-likeness (QED) is 0.637. The maximum absolute atomic E-state index is 3.27. The van der Waals surface area contributed by atoms with Gasteiger partial charge in [0.25, 0.3) is 0 Å². The van der Waals surface area contributed by atoms with E-state index in [4.69, 9.17) is 0 Å². The lowest BCUT2D eigenvalue weighted by Crippen LogP contribution is -1.96. The van der Waals surface area contributed by atoms with E-state index in [1.807, 2.05) is 12.1 Å². The van der Waals surface area contributed by atoms with Gasteiger partial charge in [0.15, 0.2) is 0 Å². The maximum atomic E-state index is 3.27. The van der Waals surface area contributed by atoms with Crippen LogP contribution in [0.15, 0.2) is 24.3 Å². The zero-order valence-corrected chi connectivity index (χ0v) is 8.72. The summed E-state index contributed by atoms with van der Waals surface area (Å²) in [6, 6.07) is 11.6. The molecular weight excluding hydrogens is 156 g/mol. The summed E-state index contributed by atoms with van der Waals surface area (Å²) in [5, 5.41) is 0. The molecule has 1 aromatic rings. The second-order valence-electron chi connectivity index (χ2n) is 3.82. The minimum Gasteiger partial charge on any atom is -0.0654 e. The molecule has 71 valence electrons. The highest BCUT2D eigenvalue weighted by Crippen LogP contribution is 2.13. The molecule has 0 spiro atoms. The van der Waals surface area contributed by atoms with Gasteiger partial charge in [-0.2, -0.15) is 0 Å². The Morgan fingerprint density at radius 3 is 2.77 bits per heavy atom. The summed E-state index contributed by atoms with van der Waals surface area (Å²) in [5.41, 5.74) is 1.35. The van der Waals surface area contributed by atoms with Gasteiger partial charge in [-0.15, -0.1) is 0 Å². The summed E-state index contributed by atoms with van der Waals surface area (Å²) >= 11 is 0. The SMILES string of the molecule is CCCC(C)CCc1[c]cccc1. The van der Waals surface area contributed by atoms with Crippen molar-refractivity contribution >= 4 is 0 Å². The second-order valence-corrected chi connectivity index (χ2v) is 3.82. The molecule has 13 heavy (non-hydrogen) atoms. The molecule has 0 saturated carbocycles. The van der Waals surface area contributed by atoms with Crippen LogP contribution in [0.3, 0.4) is 0 Å². The van der Waals surface area contributed by atoms with E-state index in [9.17, 15) is 0 Å². The Bertz CT molecular complexity index is 213. The Hall–Kier alpha value is -0.780. The third-order valence-corrected chi connectivity index (χ3v) is 2.46. The molecule has 1 atom stereocenters. The molecule has 0 bridgehead atoms. The molecule has 0 aliphatic rings. The van der Waals surface area contributed by atoms with Crippen LogP contribution in [0.25, 0.3) is 0 Å². The first-order valence-corrected chi connectivity index (χ1v) is 5.28. The van der Waals surface area contributed by atoms with Crippen molar-refractivity contribution in [3.8, 4) is 0 Å². The fraction of sp³-hybridized carbons (Fsp3) is 0.538. The topological polar surface area (TPSA) is 0 Å². The lowest BCUT2D eigenvalue weighted by Gasteiger charge is -2.08. The molecule has 0 fully saturated rings. The van der Waals surface area contributed by atoms with Crippen molar-refractivity contribution in [3.05, 3.63) is 35.9 Å². The Kier molecular flexibility index (Phi) is 4.59. The predicted molar refractivity (Wildman–Crippen MR) is 57.7 cm³/mol. The van der Waals surface area contributed by atoms with Gasteiger partial charge in [0.2, 0.25) is 0 Å². The van der Waals surface area contributed by atoms with E-state index in [2.05, 4.69) is 32.0 Å². The fourth-order valence-electron chi connectivity index (χ4n) is 1.63. The van der Waals surface area contributed by atoms with Crippen LogP contribution in [0.2, 0.25) is 0 Å². The number of rotatable bonds is 5. The summed E-state index contributed by atoms with van der Waals surface area (Å²) in [7, 11) is 0. The largest absolute Gasteiger partial charge is 0.0654 e. The normalized spacial score (nSPS) is 12.8. The first-order valence-electron chi connectivity index (χ1n) is 5.28. The highest BCUT2D eigenvalue weighted by molar-refractivity contribution is 5.12. The van der Waals surface area contributed by atoms with E-state index in [0.717, 1.165) is 5.92 Å². The fourth-order valence-corrected chi connectivity index (χ4v) is 1.63. The molecular formula is C13H19. The van der Waals surface area contributed by atoms with Crippen LogP contribution in [0.4, 0.5) is 0 Å².